The van der Waals surface area contributed by atoms with E-state index in [1.54, 1.807) is 0 Å². The molecule has 2 rings (SSSR count). The van der Waals surface area contributed by atoms with Gasteiger partial charge in [0.2, 0.25) is 5.76 Å². The maximum absolute atomic E-state index is 13.2. The molecule has 0 spiro atoms. The van der Waals surface area contributed by atoms with Crippen LogP contribution >= 0.6 is 0 Å². The molecule has 0 aliphatic rings. The molecule has 1 aromatic heterocycles. The molecule has 4 nitrogen and oxygen atoms in total. The van der Waals surface area contributed by atoms with E-state index in [2.05, 4.69) is 15.0 Å². The number of nitrogens with zero attached hydrogens (tertiary/aromatic N) is 1. The molecular weight excluding hydrogens is 218 g/mol. The Morgan fingerprint density at radius 3 is 2.50 bits per heavy atom. The van der Waals surface area contributed by atoms with Crippen LogP contribution in [0.1, 0.15) is 10.6 Å². The number of hydrogen-bond acceptors (Lipinski definition) is 3. The smallest absolute Gasteiger partial charge is 0.294 e. The molecule has 6 heteroatoms. The third-order valence-electron chi connectivity index (χ3n) is 1.86. The van der Waals surface area contributed by atoms with Crippen LogP contribution in [-0.4, -0.2) is 11.1 Å². The molecule has 0 fully saturated rings. The summed E-state index contributed by atoms with van der Waals surface area (Å²) in [5.74, 6) is -2.59. The number of carbonyl (C=O) groups is 1. The van der Waals surface area contributed by atoms with Gasteiger partial charge in [-0.2, -0.15) is 0 Å². The van der Waals surface area contributed by atoms with E-state index in [1.165, 1.54) is 18.3 Å². The van der Waals surface area contributed by atoms with E-state index in [4.69, 9.17) is 0 Å². The van der Waals surface area contributed by atoms with Crippen LogP contribution < -0.4 is 5.32 Å². The van der Waals surface area contributed by atoms with Crippen LogP contribution in [0, 0.1) is 11.6 Å². The normalized spacial score (nSPS) is 10.1. The minimum absolute atomic E-state index is 0.123. The Hall–Kier alpha value is -2.24. The zero-order valence-electron chi connectivity index (χ0n) is 7.91. The molecule has 1 heterocycles. The number of carbonyl (C=O) groups excluding carboxylic acids is 1. The van der Waals surface area contributed by atoms with Crippen molar-refractivity contribution in [1.29, 1.82) is 0 Å². The van der Waals surface area contributed by atoms with Gasteiger partial charge in [0.05, 0.1) is 6.20 Å². The quantitative estimate of drug-likeness (QED) is 0.850. The number of hydrogen-bond donors (Lipinski definition) is 1. The first-order chi connectivity index (χ1) is 7.68. The third kappa shape index (κ3) is 1.90. The van der Waals surface area contributed by atoms with Gasteiger partial charge in [-0.25, -0.2) is 8.78 Å². The zero-order valence-corrected chi connectivity index (χ0v) is 7.91. The van der Waals surface area contributed by atoms with Gasteiger partial charge in [-0.3, -0.25) is 4.79 Å². The highest BCUT2D eigenvalue weighted by molar-refractivity contribution is 6.02. The first-order valence-electron chi connectivity index (χ1n) is 4.34. The molecule has 0 aliphatic heterocycles. The number of nitrogens with one attached hydrogen (secondary N) is 1. The van der Waals surface area contributed by atoms with Crippen molar-refractivity contribution >= 4 is 11.6 Å². The molecule has 0 unspecified atom stereocenters. The van der Waals surface area contributed by atoms with Crippen molar-refractivity contribution in [2.75, 3.05) is 5.32 Å². The third-order valence-corrected chi connectivity index (χ3v) is 1.86. The summed E-state index contributed by atoms with van der Waals surface area (Å²) >= 11 is 0. The second kappa shape index (κ2) is 4.09. The Kier molecular flexibility index (Phi) is 2.63. The summed E-state index contributed by atoms with van der Waals surface area (Å²) in [7, 11) is 0. The van der Waals surface area contributed by atoms with Crippen molar-refractivity contribution in [3.63, 3.8) is 0 Å². The Morgan fingerprint density at radius 2 is 1.94 bits per heavy atom. The second-order valence-corrected chi connectivity index (χ2v) is 2.93. The fourth-order valence-corrected chi connectivity index (χ4v) is 1.13. The van der Waals surface area contributed by atoms with Crippen LogP contribution in [-0.2, 0) is 0 Å². The lowest BCUT2D eigenvalue weighted by atomic mass is 10.3. The predicted molar refractivity (Wildman–Crippen MR) is 50.8 cm³/mol. The lowest BCUT2D eigenvalue weighted by molar-refractivity contribution is 0.0987. The second-order valence-electron chi connectivity index (χ2n) is 2.93. The Bertz CT molecular complexity index is 491. The molecular formula is C10H6F2N2O2. The monoisotopic (exact) mass is 224 g/mol. The molecule has 16 heavy (non-hydrogen) atoms. The van der Waals surface area contributed by atoms with Gasteiger partial charge < -0.3 is 9.84 Å². The first kappa shape index (κ1) is 10.3. The first-order valence-corrected chi connectivity index (χ1v) is 4.34. The number of amides is 1. The van der Waals surface area contributed by atoms with Crippen LogP contribution in [0.2, 0.25) is 0 Å². The highest BCUT2D eigenvalue weighted by atomic mass is 19.1. The molecule has 1 N–H and O–H groups in total. The molecule has 0 radical (unpaired) electrons. The minimum atomic E-state index is -0.854. The number of benzene rings is 1. The van der Waals surface area contributed by atoms with Crippen LogP contribution in [0.25, 0.3) is 0 Å². The van der Waals surface area contributed by atoms with Crippen molar-refractivity contribution in [2.45, 2.75) is 0 Å². The SMILES string of the molecule is O=C(Nc1c(F)cccc1F)c1ccno1. The molecule has 0 saturated carbocycles. The molecule has 82 valence electrons. The Morgan fingerprint density at radius 1 is 1.25 bits per heavy atom. The molecule has 1 amide bonds. The van der Waals surface area contributed by atoms with E-state index < -0.39 is 23.2 Å². The summed E-state index contributed by atoms with van der Waals surface area (Å²) in [5.41, 5.74) is -0.510. The average molecular weight is 224 g/mol. The number of anilines is 1. The van der Waals surface area contributed by atoms with Crippen LogP contribution in [0.5, 0.6) is 0 Å². The van der Waals surface area contributed by atoms with Gasteiger partial charge in [0, 0.05) is 6.07 Å². The molecule has 0 aliphatic carbocycles. The Labute approximate surface area is 88.9 Å². The molecule has 2 aromatic rings. The lowest BCUT2D eigenvalue weighted by Crippen LogP contribution is -2.13. The fraction of sp³-hybridized carbons (Fsp3) is 0. The van der Waals surface area contributed by atoms with Gasteiger partial charge in [-0.15, -0.1) is 0 Å². The number of para-hydroxylation sites is 1. The van der Waals surface area contributed by atoms with Crippen molar-refractivity contribution in [1.82, 2.24) is 5.16 Å². The fourth-order valence-electron chi connectivity index (χ4n) is 1.13. The zero-order chi connectivity index (χ0) is 11.5. The number of halogens is 2. The minimum Gasteiger partial charge on any atom is -0.351 e. The van der Waals surface area contributed by atoms with Gasteiger partial charge in [0.1, 0.15) is 17.3 Å². The predicted octanol–water partition coefficient (Wildman–Crippen LogP) is 2.21. The van der Waals surface area contributed by atoms with Crippen molar-refractivity contribution in [3.8, 4) is 0 Å². The van der Waals surface area contributed by atoms with Gasteiger partial charge in [-0.1, -0.05) is 11.2 Å². The number of rotatable bonds is 2. The standard InChI is InChI=1S/C10H6F2N2O2/c11-6-2-1-3-7(12)9(6)14-10(15)8-4-5-13-16-8/h1-5H,(H,14,15). The van der Waals surface area contributed by atoms with Crippen LogP contribution in [0.3, 0.4) is 0 Å². The molecule has 0 saturated heterocycles. The summed E-state index contributed by atoms with van der Waals surface area (Å²) in [4.78, 5) is 11.4. The van der Waals surface area contributed by atoms with Crippen LogP contribution in [0.15, 0.2) is 35.0 Å². The number of aromatic nitrogens is 1. The highest BCUT2D eigenvalue weighted by Gasteiger charge is 2.15. The topological polar surface area (TPSA) is 55.1 Å². The molecule has 0 bridgehead atoms. The summed E-state index contributed by atoms with van der Waals surface area (Å²) < 4.78 is 30.8. The van der Waals surface area contributed by atoms with Gasteiger partial charge in [0.25, 0.3) is 5.91 Å². The summed E-state index contributed by atoms with van der Waals surface area (Å²) in [6.07, 6.45) is 1.26. The van der Waals surface area contributed by atoms with E-state index in [1.807, 2.05) is 0 Å². The van der Waals surface area contributed by atoms with Crippen molar-refractivity contribution in [3.05, 3.63) is 47.9 Å². The molecule has 1 aromatic carbocycles. The van der Waals surface area contributed by atoms with Crippen molar-refractivity contribution in [2.24, 2.45) is 0 Å². The highest BCUT2D eigenvalue weighted by Crippen LogP contribution is 2.18. The van der Waals surface area contributed by atoms with Crippen LogP contribution in [0.4, 0.5) is 14.5 Å². The van der Waals surface area contributed by atoms with E-state index in [0.717, 1.165) is 12.1 Å². The maximum Gasteiger partial charge on any atom is 0.294 e. The van der Waals surface area contributed by atoms with E-state index in [-0.39, 0.29) is 5.76 Å². The largest absolute Gasteiger partial charge is 0.351 e. The Balaban J connectivity index is 2.25. The van der Waals surface area contributed by atoms with Gasteiger partial charge >= 0.3 is 0 Å². The summed E-state index contributed by atoms with van der Waals surface area (Å²) in [6.45, 7) is 0. The van der Waals surface area contributed by atoms with Gasteiger partial charge in [0.15, 0.2) is 0 Å². The lowest BCUT2D eigenvalue weighted by Gasteiger charge is -2.04. The van der Waals surface area contributed by atoms with E-state index in [0.29, 0.717) is 0 Å². The van der Waals surface area contributed by atoms with Crippen molar-refractivity contribution < 1.29 is 18.1 Å². The van der Waals surface area contributed by atoms with E-state index >= 15 is 0 Å². The summed E-state index contributed by atoms with van der Waals surface area (Å²) in [6, 6.07) is 4.57. The van der Waals surface area contributed by atoms with E-state index in [9.17, 15) is 13.6 Å². The molecule has 0 atom stereocenters. The van der Waals surface area contributed by atoms with Gasteiger partial charge in [-0.05, 0) is 12.1 Å². The average Bonchev–Trinajstić information content (AvgIpc) is 2.76. The summed E-state index contributed by atoms with van der Waals surface area (Å²) in [5, 5.41) is 5.36. The maximum atomic E-state index is 13.2.